The van der Waals surface area contributed by atoms with Gasteiger partial charge in [-0.05, 0) is 18.4 Å². The summed E-state index contributed by atoms with van der Waals surface area (Å²) < 4.78 is 9.95. The highest BCUT2D eigenvalue weighted by Gasteiger charge is 1.91. The lowest BCUT2D eigenvalue weighted by Gasteiger charge is -2.02. The number of ether oxygens (including phenoxy) is 2. The Labute approximate surface area is 79.5 Å². The van der Waals surface area contributed by atoms with E-state index in [1.807, 2.05) is 6.07 Å². The molecule has 0 amide bonds. The maximum atomic E-state index is 5.18. The van der Waals surface area contributed by atoms with Crippen LogP contribution in [-0.2, 0) is 15.9 Å². The quantitative estimate of drug-likeness (QED) is 0.493. The molecule has 2 nitrogen and oxygen atoms in total. The van der Waals surface area contributed by atoms with Crippen molar-refractivity contribution in [1.82, 2.24) is 0 Å². The topological polar surface area (TPSA) is 18.5 Å². The van der Waals surface area contributed by atoms with Gasteiger partial charge >= 0.3 is 0 Å². The molecule has 0 saturated carbocycles. The number of hydrogen-bond donors (Lipinski definition) is 0. The summed E-state index contributed by atoms with van der Waals surface area (Å²) in [4.78, 5) is 0. The van der Waals surface area contributed by atoms with Gasteiger partial charge in [0.25, 0.3) is 0 Å². The number of benzene rings is 1. The van der Waals surface area contributed by atoms with E-state index in [2.05, 4.69) is 24.3 Å². The molecule has 0 heterocycles. The minimum atomic E-state index is 0.398. The van der Waals surface area contributed by atoms with E-state index in [1.165, 1.54) is 5.56 Å². The van der Waals surface area contributed by atoms with Crippen LogP contribution in [0.5, 0.6) is 0 Å². The Morgan fingerprint density at radius 3 is 2.62 bits per heavy atom. The average molecular weight is 180 g/mol. The molecule has 0 bridgehead atoms. The molecule has 72 valence electrons. The van der Waals surface area contributed by atoms with Crippen LogP contribution in [0.3, 0.4) is 0 Å². The van der Waals surface area contributed by atoms with Gasteiger partial charge in [-0.15, -0.1) is 0 Å². The van der Waals surface area contributed by atoms with Gasteiger partial charge < -0.3 is 9.47 Å². The highest BCUT2D eigenvalue weighted by Crippen LogP contribution is 2.01. The van der Waals surface area contributed by atoms with E-state index in [1.54, 1.807) is 7.11 Å². The van der Waals surface area contributed by atoms with Crippen LogP contribution in [0.1, 0.15) is 12.0 Å². The summed E-state index contributed by atoms with van der Waals surface area (Å²) >= 11 is 0. The molecule has 13 heavy (non-hydrogen) atoms. The summed E-state index contributed by atoms with van der Waals surface area (Å²) in [5.41, 5.74) is 1.36. The second kappa shape index (κ2) is 6.63. The molecule has 0 spiro atoms. The summed E-state index contributed by atoms with van der Waals surface area (Å²) in [6, 6.07) is 10.4. The van der Waals surface area contributed by atoms with Crippen molar-refractivity contribution in [2.24, 2.45) is 0 Å². The van der Waals surface area contributed by atoms with Crippen molar-refractivity contribution >= 4 is 0 Å². The molecule has 2 heteroatoms. The van der Waals surface area contributed by atoms with E-state index in [0.29, 0.717) is 6.79 Å². The second-order valence-corrected chi connectivity index (χ2v) is 2.90. The molecule has 1 aromatic rings. The van der Waals surface area contributed by atoms with Gasteiger partial charge in [-0.1, -0.05) is 30.3 Å². The van der Waals surface area contributed by atoms with Gasteiger partial charge in [-0.2, -0.15) is 0 Å². The lowest BCUT2D eigenvalue weighted by Crippen LogP contribution is -1.99. The minimum Gasteiger partial charge on any atom is -0.359 e. The third-order valence-corrected chi connectivity index (χ3v) is 1.80. The molecule has 0 aliphatic heterocycles. The van der Waals surface area contributed by atoms with Crippen molar-refractivity contribution in [3.05, 3.63) is 35.9 Å². The van der Waals surface area contributed by atoms with Crippen LogP contribution < -0.4 is 0 Å². The molecule has 0 aliphatic carbocycles. The van der Waals surface area contributed by atoms with Crippen LogP contribution in [-0.4, -0.2) is 20.5 Å². The van der Waals surface area contributed by atoms with Gasteiger partial charge in [-0.25, -0.2) is 0 Å². The Balaban J connectivity index is 2.07. The van der Waals surface area contributed by atoms with E-state index in [9.17, 15) is 0 Å². The highest BCUT2D eigenvalue weighted by molar-refractivity contribution is 5.14. The van der Waals surface area contributed by atoms with Gasteiger partial charge in [0.15, 0.2) is 0 Å². The fraction of sp³-hybridized carbons (Fsp3) is 0.455. The lowest BCUT2D eigenvalue weighted by atomic mass is 10.1. The first-order valence-electron chi connectivity index (χ1n) is 4.54. The molecular weight excluding hydrogens is 164 g/mol. The van der Waals surface area contributed by atoms with Crippen molar-refractivity contribution in [2.45, 2.75) is 12.8 Å². The van der Waals surface area contributed by atoms with Gasteiger partial charge in [0.1, 0.15) is 6.79 Å². The zero-order chi connectivity index (χ0) is 9.36. The molecule has 0 radical (unpaired) electrons. The lowest BCUT2D eigenvalue weighted by molar-refractivity contribution is -0.0310. The smallest absolute Gasteiger partial charge is 0.146 e. The molecular formula is C11H16O2. The van der Waals surface area contributed by atoms with E-state index >= 15 is 0 Å². The monoisotopic (exact) mass is 180 g/mol. The van der Waals surface area contributed by atoms with Crippen molar-refractivity contribution in [3.8, 4) is 0 Å². The molecule has 0 aromatic heterocycles. The molecule has 0 fully saturated rings. The maximum Gasteiger partial charge on any atom is 0.146 e. The van der Waals surface area contributed by atoms with Crippen LogP contribution in [0.15, 0.2) is 30.3 Å². The zero-order valence-electron chi connectivity index (χ0n) is 8.03. The first-order valence-corrected chi connectivity index (χ1v) is 4.54. The summed E-state index contributed by atoms with van der Waals surface area (Å²) in [6.07, 6.45) is 2.12. The number of hydrogen-bond acceptors (Lipinski definition) is 2. The Morgan fingerprint density at radius 1 is 1.15 bits per heavy atom. The number of aryl methyl sites for hydroxylation is 1. The predicted molar refractivity (Wildman–Crippen MR) is 52.6 cm³/mol. The van der Waals surface area contributed by atoms with Crippen LogP contribution in [0.2, 0.25) is 0 Å². The molecule has 0 N–H and O–H groups in total. The Bertz CT molecular complexity index is 209. The third-order valence-electron chi connectivity index (χ3n) is 1.80. The van der Waals surface area contributed by atoms with Gasteiger partial charge in [0, 0.05) is 13.7 Å². The predicted octanol–water partition coefficient (Wildman–Crippen LogP) is 2.24. The zero-order valence-corrected chi connectivity index (χ0v) is 8.03. The molecule has 0 unspecified atom stereocenters. The van der Waals surface area contributed by atoms with Crippen LogP contribution in [0, 0.1) is 0 Å². The summed E-state index contributed by atoms with van der Waals surface area (Å²) in [6.45, 7) is 1.16. The molecule has 0 atom stereocenters. The largest absolute Gasteiger partial charge is 0.359 e. The Kier molecular flexibility index (Phi) is 5.22. The summed E-state index contributed by atoms with van der Waals surface area (Å²) in [5, 5.41) is 0. The number of rotatable bonds is 6. The van der Waals surface area contributed by atoms with Gasteiger partial charge in [-0.3, -0.25) is 0 Å². The van der Waals surface area contributed by atoms with Crippen LogP contribution >= 0.6 is 0 Å². The summed E-state index contributed by atoms with van der Waals surface area (Å²) in [7, 11) is 1.64. The fourth-order valence-electron chi connectivity index (χ4n) is 1.17. The third kappa shape index (κ3) is 4.65. The van der Waals surface area contributed by atoms with Crippen LogP contribution in [0.4, 0.5) is 0 Å². The molecule has 1 rings (SSSR count). The fourth-order valence-corrected chi connectivity index (χ4v) is 1.17. The van der Waals surface area contributed by atoms with E-state index in [-0.39, 0.29) is 0 Å². The van der Waals surface area contributed by atoms with E-state index in [4.69, 9.17) is 9.47 Å². The summed E-state index contributed by atoms with van der Waals surface area (Å²) in [5.74, 6) is 0. The van der Waals surface area contributed by atoms with Gasteiger partial charge in [0.05, 0.1) is 0 Å². The first kappa shape index (κ1) is 10.2. The average Bonchev–Trinajstić information content (AvgIpc) is 2.19. The Morgan fingerprint density at radius 2 is 1.92 bits per heavy atom. The minimum absolute atomic E-state index is 0.398. The Hall–Kier alpha value is -0.860. The first-order chi connectivity index (χ1) is 6.43. The van der Waals surface area contributed by atoms with Crippen molar-refractivity contribution in [1.29, 1.82) is 0 Å². The molecule has 1 aromatic carbocycles. The van der Waals surface area contributed by atoms with Crippen molar-refractivity contribution < 1.29 is 9.47 Å². The van der Waals surface area contributed by atoms with Gasteiger partial charge in [0.2, 0.25) is 0 Å². The van der Waals surface area contributed by atoms with E-state index < -0.39 is 0 Å². The standard InChI is InChI=1S/C11H16O2/c1-12-10-13-9-5-8-11-6-3-2-4-7-11/h2-4,6-7H,5,8-10H2,1H3. The highest BCUT2D eigenvalue weighted by atomic mass is 16.7. The molecule has 0 aliphatic rings. The number of methoxy groups -OCH3 is 1. The SMILES string of the molecule is COCOCCCc1ccccc1. The van der Waals surface area contributed by atoms with Crippen LogP contribution in [0.25, 0.3) is 0 Å². The van der Waals surface area contributed by atoms with E-state index in [0.717, 1.165) is 19.4 Å². The normalized spacial score (nSPS) is 10.2. The van der Waals surface area contributed by atoms with Crippen molar-refractivity contribution in [2.75, 3.05) is 20.5 Å². The second-order valence-electron chi connectivity index (χ2n) is 2.90. The molecule has 0 saturated heterocycles. The van der Waals surface area contributed by atoms with Crippen molar-refractivity contribution in [3.63, 3.8) is 0 Å². The maximum absolute atomic E-state index is 5.18.